The molecule has 0 heterocycles. The van der Waals surface area contributed by atoms with Gasteiger partial charge in [-0.15, -0.1) is 12.6 Å². The zero-order valence-electron chi connectivity index (χ0n) is 6.76. The van der Waals surface area contributed by atoms with E-state index in [0.29, 0.717) is 16.8 Å². The first-order chi connectivity index (χ1) is 6.13. The Morgan fingerprint density at radius 3 is 2.85 bits per heavy atom. The van der Waals surface area contributed by atoms with Crippen LogP contribution in [0.1, 0.15) is 5.56 Å². The average Bonchev–Trinajstić information content (AvgIpc) is 2.11. The molecular formula is C9H8BrClOS. The molecule has 0 saturated heterocycles. The lowest BCUT2D eigenvalue weighted by Gasteiger charge is -2.02. The molecule has 0 aromatic heterocycles. The molecule has 0 aliphatic heterocycles. The van der Waals surface area contributed by atoms with Gasteiger partial charge < -0.3 is 0 Å². The van der Waals surface area contributed by atoms with Gasteiger partial charge in [-0.05, 0) is 23.8 Å². The van der Waals surface area contributed by atoms with Crippen LogP contribution in [0.15, 0.2) is 23.1 Å². The third-order valence-corrected chi connectivity index (χ3v) is 2.84. The quantitative estimate of drug-likeness (QED) is 0.664. The molecule has 0 aliphatic carbocycles. The van der Waals surface area contributed by atoms with E-state index in [1.54, 1.807) is 12.1 Å². The van der Waals surface area contributed by atoms with Crippen molar-refractivity contribution in [1.82, 2.24) is 0 Å². The molecule has 4 heteroatoms. The van der Waals surface area contributed by atoms with E-state index in [4.69, 9.17) is 11.6 Å². The average molecular weight is 280 g/mol. The third-order valence-electron chi connectivity index (χ3n) is 1.57. The minimum absolute atomic E-state index is 0.112. The molecule has 0 unspecified atom stereocenters. The lowest BCUT2D eigenvalue weighted by molar-refractivity contribution is -0.115. The molecule has 0 spiro atoms. The second-order valence-corrected chi connectivity index (χ2v) is 4.11. The first kappa shape index (κ1) is 11.1. The van der Waals surface area contributed by atoms with Gasteiger partial charge in [0.2, 0.25) is 0 Å². The van der Waals surface area contributed by atoms with E-state index in [-0.39, 0.29) is 5.78 Å². The number of ketones is 1. The monoisotopic (exact) mass is 278 g/mol. The van der Waals surface area contributed by atoms with Crippen molar-refractivity contribution in [3.8, 4) is 0 Å². The van der Waals surface area contributed by atoms with Crippen LogP contribution in [-0.4, -0.2) is 11.1 Å². The van der Waals surface area contributed by atoms with Gasteiger partial charge >= 0.3 is 0 Å². The van der Waals surface area contributed by atoms with E-state index < -0.39 is 0 Å². The SMILES string of the molecule is O=C(CBr)Cc1cc(S)ccc1Cl. The number of carbonyl (C=O) groups excluding carboxylic acids is 1. The summed E-state index contributed by atoms with van der Waals surface area (Å²) in [6, 6.07) is 5.36. The Morgan fingerprint density at radius 1 is 1.54 bits per heavy atom. The largest absolute Gasteiger partial charge is 0.298 e. The molecule has 0 amide bonds. The maximum Gasteiger partial charge on any atom is 0.147 e. The van der Waals surface area contributed by atoms with Gasteiger partial charge in [0.05, 0.1) is 5.33 Å². The fourth-order valence-electron chi connectivity index (χ4n) is 0.956. The Kier molecular flexibility index (Phi) is 4.29. The predicted octanol–water partition coefficient (Wildman–Crippen LogP) is 3.14. The predicted molar refractivity (Wildman–Crippen MR) is 61.2 cm³/mol. The fraction of sp³-hybridized carbons (Fsp3) is 0.222. The molecular weight excluding hydrogens is 272 g/mol. The number of thiol groups is 1. The minimum Gasteiger partial charge on any atom is -0.298 e. The van der Waals surface area contributed by atoms with Crippen molar-refractivity contribution in [3.63, 3.8) is 0 Å². The van der Waals surface area contributed by atoms with Crippen LogP contribution >= 0.6 is 40.2 Å². The molecule has 13 heavy (non-hydrogen) atoms. The van der Waals surface area contributed by atoms with Gasteiger partial charge in [0, 0.05) is 16.3 Å². The number of carbonyl (C=O) groups is 1. The molecule has 0 saturated carbocycles. The zero-order valence-corrected chi connectivity index (χ0v) is 9.99. The lowest BCUT2D eigenvalue weighted by Crippen LogP contribution is -2.03. The van der Waals surface area contributed by atoms with E-state index in [9.17, 15) is 4.79 Å². The van der Waals surface area contributed by atoms with Crippen LogP contribution in [-0.2, 0) is 11.2 Å². The summed E-state index contributed by atoms with van der Waals surface area (Å²) in [7, 11) is 0. The highest BCUT2D eigenvalue weighted by molar-refractivity contribution is 9.09. The maximum atomic E-state index is 11.1. The van der Waals surface area contributed by atoms with Crippen molar-refractivity contribution >= 4 is 45.9 Å². The molecule has 0 N–H and O–H groups in total. The highest BCUT2D eigenvalue weighted by atomic mass is 79.9. The van der Waals surface area contributed by atoms with Crippen molar-refractivity contribution < 1.29 is 4.79 Å². The summed E-state index contributed by atoms with van der Waals surface area (Å²) in [5.41, 5.74) is 0.832. The number of benzene rings is 1. The Labute approximate surface area is 96.0 Å². The molecule has 0 radical (unpaired) electrons. The van der Waals surface area contributed by atoms with E-state index in [0.717, 1.165) is 10.5 Å². The summed E-state index contributed by atoms with van der Waals surface area (Å²) >= 11 is 13.2. The first-order valence-electron chi connectivity index (χ1n) is 3.68. The number of rotatable bonds is 3. The lowest BCUT2D eigenvalue weighted by atomic mass is 10.1. The molecule has 0 atom stereocenters. The van der Waals surface area contributed by atoms with E-state index in [1.807, 2.05) is 6.07 Å². The molecule has 0 fully saturated rings. The van der Waals surface area contributed by atoms with Crippen LogP contribution in [0.5, 0.6) is 0 Å². The second-order valence-electron chi connectivity index (χ2n) is 2.62. The van der Waals surface area contributed by atoms with Crippen molar-refractivity contribution in [3.05, 3.63) is 28.8 Å². The van der Waals surface area contributed by atoms with Gasteiger partial charge in [-0.2, -0.15) is 0 Å². The van der Waals surface area contributed by atoms with E-state index >= 15 is 0 Å². The van der Waals surface area contributed by atoms with Crippen LogP contribution in [0.25, 0.3) is 0 Å². The van der Waals surface area contributed by atoms with Crippen LogP contribution in [0.2, 0.25) is 5.02 Å². The summed E-state index contributed by atoms with van der Waals surface area (Å²) in [5.74, 6) is 0.112. The summed E-state index contributed by atoms with van der Waals surface area (Å²) < 4.78 is 0. The fourth-order valence-corrected chi connectivity index (χ4v) is 1.57. The zero-order chi connectivity index (χ0) is 9.84. The summed E-state index contributed by atoms with van der Waals surface area (Å²) in [5, 5.41) is 0.979. The van der Waals surface area contributed by atoms with E-state index in [2.05, 4.69) is 28.6 Å². The van der Waals surface area contributed by atoms with Crippen LogP contribution in [0, 0.1) is 0 Å². The van der Waals surface area contributed by atoms with Crippen molar-refractivity contribution in [2.75, 3.05) is 5.33 Å². The van der Waals surface area contributed by atoms with Gasteiger partial charge in [-0.1, -0.05) is 27.5 Å². The normalized spacial score (nSPS) is 10.1. The molecule has 0 bridgehead atoms. The highest BCUT2D eigenvalue weighted by Crippen LogP contribution is 2.20. The molecule has 70 valence electrons. The Morgan fingerprint density at radius 2 is 2.23 bits per heavy atom. The Hall–Kier alpha value is 0.01000. The van der Waals surface area contributed by atoms with Crippen LogP contribution in [0.3, 0.4) is 0 Å². The number of hydrogen-bond acceptors (Lipinski definition) is 2. The third kappa shape index (κ3) is 3.33. The van der Waals surface area contributed by atoms with Gasteiger partial charge in [0.25, 0.3) is 0 Å². The number of hydrogen-bond donors (Lipinski definition) is 1. The minimum atomic E-state index is 0.112. The van der Waals surface area contributed by atoms with Crippen molar-refractivity contribution in [2.24, 2.45) is 0 Å². The Balaban J connectivity index is 2.87. The van der Waals surface area contributed by atoms with Crippen LogP contribution < -0.4 is 0 Å². The van der Waals surface area contributed by atoms with Gasteiger partial charge in [-0.3, -0.25) is 4.79 Å². The van der Waals surface area contributed by atoms with Crippen LogP contribution in [0.4, 0.5) is 0 Å². The second kappa shape index (κ2) is 5.03. The maximum absolute atomic E-state index is 11.1. The summed E-state index contributed by atoms with van der Waals surface area (Å²) in [6.07, 6.45) is 0.360. The number of alkyl halides is 1. The van der Waals surface area contributed by atoms with Crippen molar-refractivity contribution in [1.29, 1.82) is 0 Å². The standard InChI is InChI=1S/C9H8BrClOS/c10-5-7(12)3-6-4-8(13)1-2-9(6)11/h1-2,4,13H,3,5H2. The topological polar surface area (TPSA) is 17.1 Å². The van der Waals surface area contributed by atoms with Gasteiger partial charge in [0.1, 0.15) is 5.78 Å². The molecule has 1 nitrogen and oxygen atoms in total. The van der Waals surface area contributed by atoms with E-state index in [1.165, 1.54) is 0 Å². The summed E-state index contributed by atoms with van der Waals surface area (Å²) in [6.45, 7) is 0. The molecule has 0 aliphatic rings. The van der Waals surface area contributed by atoms with Crippen molar-refractivity contribution in [2.45, 2.75) is 11.3 Å². The molecule has 1 rings (SSSR count). The number of halogens is 2. The Bertz CT molecular complexity index is 327. The molecule has 1 aromatic rings. The van der Waals surface area contributed by atoms with Gasteiger partial charge in [0.15, 0.2) is 0 Å². The summed E-state index contributed by atoms with van der Waals surface area (Å²) in [4.78, 5) is 11.9. The first-order valence-corrected chi connectivity index (χ1v) is 5.63. The molecule has 1 aromatic carbocycles. The smallest absolute Gasteiger partial charge is 0.147 e. The highest BCUT2D eigenvalue weighted by Gasteiger charge is 2.05. The van der Waals surface area contributed by atoms with Gasteiger partial charge in [-0.25, -0.2) is 0 Å². The number of Topliss-reactive ketones (excluding diaryl/α,β-unsaturated/α-hetero) is 1.